The van der Waals surface area contributed by atoms with E-state index in [0.29, 0.717) is 48.1 Å². The van der Waals surface area contributed by atoms with Gasteiger partial charge in [0.1, 0.15) is 12.4 Å². The van der Waals surface area contributed by atoms with Crippen molar-refractivity contribution in [1.82, 2.24) is 4.72 Å². The largest absolute Gasteiger partial charge is 0.487 e. The maximum absolute atomic E-state index is 13.4. The molecule has 6 rings (SSSR count). The molecule has 2 aromatic rings. The number of nitrogens with zero attached hydrogens (tertiary/aromatic N) is 1. The smallest absolute Gasteiger partial charge is 0.264 e. The summed E-state index contributed by atoms with van der Waals surface area (Å²) in [6.07, 6.45) is 8.99. The molecule has 0 spiro atoms. The van der Waals surface area contributed by atoms with Crippen molar-refractivity contribution in [3.63, 3.8) is 0 Å². The molecule has 4 bridgehead atoms. The number of sulfonamides is 1. The lowest BCUT2D eigenvalue weighted by Gasteiger charge is -2.43. The molecule has 2 N–H and O–H groups in total. The van der Waals surface area contributed by atoms with Gasteiger partial charge in [-0.25, -0.2) is 13.1 Å². The summed E-state index contributed by atoms with van der Waals surface area (Å²) in [4.78, 5) is 15.7. The van der Waals surface area contributed by atoms with Gasteiger partial charge in [-0.1, -0.05) is 30.5 Å². The van der Waals surface area contributed by atoms with Crippen molar-refractivity contribution in [2.24, 2.45) is 17.8 Å². The number of aliphatic hydroxyl groups is 1. The molecule has 2 fully saturated rings. The van der Waals surface area contributed by atoms with Gasteiger partial charge < -0.3 is 14.7 Å². The third kappa shape index (κ3) is 6.40. The van der Waals surface area contributed by atoms with Gasteiger partial charge in [-0.3, -0.25) is 4.79 Å². The summed E-state index contributed by atoms with van der Waals surface area (Å²) in [7, 11) is -3.82. The molecule has 222 valence electrons. The minimum atomic E-state index is -3.82. The molecule has 5 atom stereocenters. The lowest BCUT2D eigenvalue weighted by atomic mass is 9.69. The summed E-state index contributed by atoms with van der Waals surface area (Å²) in [5, 5.41) is 11.4. The van der Waals surface area contributed by atoms with E-state index in [2.05, 4.69) is 9.62 Å². The zero-order valence-electron chi connectivity index (χ0n) is 23.6. The van der Waals surface area contributed by atoms with Gasteiger partial charge in [-0.05, 0) is 117 Å². The van der Waals surface area contributed by atoms with Crippen LogP contribution in [0.4, 0.5) is 5.69 Å². The number of amides is 1. The normalized spacial score (nSPS) is 30.3. The molecular weight excluding hydrogens is 560 g/mol. The third-order valence-corrected chi connectivity index (χ3v) is 12.0. The second-order valence-corrected chi connectivity index (χ2v) is 15.0. The highest BCUT2D eigenvalue weighted by atomic mass is 35.5. The Hall–Kier alpha value is -2.29. The first-order chi connectivity index (χ1) is 19.8. The molecule has 41 heavy (non-hydrogen) atoms. The lowest BCUT2D eigenvalue weighted by molar-refractivity contribution is 0.00626. The van der Waals surface area contributed by atoms with Crippen LogP contribution in [0.15, 0.2) is 36.4 Å². The van der Waals surface area contributed by atoms with Crippen LogP contribution in [-0.4, -0.2) is 43.9 Å². The van der Waals surface area contributed by atoms with Crippen molar-refractivity contribution in [3.05, 3.63) is 58.1 Å². The van der Waals surface area contributed by atoms with Crippen LogP contribution >= 0.6 is 11.6 Å². The van der Waals surface area contributed by atoms with Crippen LogP contribution in [0.3, 0.4) is 0 Å². The highest BCUT2D eigenvalue weighted by Crippen LogP contribution is 2.42. The van der Waals surface area contributed by atoms with Gasteiger partial charge in [-0.15, -0.1) is 0 Å². The number of aliphatic hydroxyl groups excluding tert-OH is 1. The molecular formula is C32H41ClN2O5S. The van der Waals surface area contributed by atoms with Crippen molar-refractivity contribution in [3.8, 4) is 5.75 Å². The number of carbonyl (C=O) groups excluding carboxylic acids is 1. The second kappa shape index (κ2) is 12.1. The average Bonchev–Trinajstić information content (AvgIpc) is 2.97. The van der Waals surface area contributed by atoms with Gasteiger partial charge in [0.25, 0.3) is 5.91 Å². The standard InChI is InChI=1S/C32H41ClN2O5S/c33-26-11-8-25-20-40-31-14-10-23-18-29(31)35(15-2-1-5-22(25)17-26)19-24-9-12-28(24)30(36)13-7-21-4-3-6-27(16-21)41(38,39)34-32(23)37/h8,10-11,14,17-18,21,24,27-28,30,36H,1-7,9,12-13,15-16,19-20H2,(H,34,37)/t21-,24+,27+,28-,30+/m1/s1. The molecule has 2 aliphatic heterocycles. The average molecular weight is 601 g/mol. The molecule has 0 unspecified atom stereocenters. The number of halogens is 1. The molecule has 0 aromatic heterocycles. The van der Waals surface area contributed by atoms with E-state index in [9.17, 15) is 18.3 Å². The Morgan fingerprint density at radius 3 is 2.66 bits per heavy atom. The summed E-state index contributed by atoms with van der Waals surface area (Å²) < 4.78 is 35.4. The van der Waals surface area contributed by atoms with Gasteiger partial charge in [0.15, 0.2) is 0 Å². The van der Waals surface area contributed by atoms with Crippen molar-refractivity contribution >= 4 is 33.2 Å². The number of hydrogen-bond donors (Lipinski definition) is 2. The van der Waals surface area contributed by atoms with E-state index in [4.69, 9.17) is 16.3 Å². The van der Waals surface area contributed by atoms with Crippen LogP contribution in [0.25, 0.3) is 0 Å². The highest BCUT2D eigenvalue weighted by molar-refractivity contribution is 7.90. The minimum absolute atomic E-state index is 0.242. The number of hydrogen-bond acceptors (Lipinski definition) is 6. The molecule has 2 heterocycles. The van der Waals surface area contributed by atoms with Gasteiger partial charge in [0.05, 0.1) is 17.0 Å². The van der Waals surface area contributed by atoms with Gasteiger partial charge in [0.2, 0.25) is 10.0 Å². The number of benzene rings is 2. The van der Waals surface area contributed by atoms with Gasteiger partial charge >= 0.3 is 0 Å². The summed E-state index contributed by atoms with van der Waals surface area (Å²) in [5.41, 5.74) is 3.39. The number of aryl methyl sites for hydroxylation is 1. The lowest BCUT2D eigenvalue weighted by Crippen LogP contribution is -2.44. The Kier molecular flexibility index (Phi) is 8.53. The van der Waals surface area contributed by atoms with Crippen molar-refractivity contribution in [2.75, 3.05) is 18.0 Å². The third-order valence-electron chi connectivity index (χ3n) is 9.94. The Morgan fingerprint density at radius 1 is 0.951 bits per heavy atom. The fourth-order valence-electron chi connectivity index (χ4n) is 7.37. The van der Waals surface area contributed by atoms with E-state index in [1.54, 1.807) is 18.2 Å². The molecule has 0 saturated heterocycles. The van der Waals surface area contributed by atoms with Crippen LogP contribution in [0.1, 0.15) is 85.7 Å². The molecule has 9 heteroatoms. The predicted octanol–water partition coefficient (Wildman–Crippen LogP) is 5.86. The maximum Gasteiger partial charge on any atom is 0.264 e. The quantitative estimate of drug-likeness (QED) is 0.393. The molecule has 0 radical (unpaired) electrons. The Morgan fingerprint density at radius 2 is 1.83 bits per heavy atom. The fourth-order valence-corrected chi connectivity index (χ4v) is 9.11. The molecule has 2 aliphatic carbocycles. The predicted molar refractivity (Wildman–Crippen MR) is 161 cm³/mol. The molecule has 2 saturated carbocycles. The van der Waals surface area contributed by atoms with Crippen LogP contribution in [0.2, 0.25) is 5.02 Å². The van der Waals surface area contributed by atoms with E-state index in [0.717, 1.165) is 75.7 Å². The van der Waals surface area contributed by atoms with Crippen LogP contribution in [-0.2, 0) is 23.1 Å². The van der Waals surface area contributed by atoms with Crippen LogP contribution < -0.4 is 14.4 Å². The molecule has 2 aromatic carbocycles. The molecule has 7 nitrogen and oxygen atoms in total. The number of nitrogens with one attached hydrogen (secondary N) is 1. The van der Waals surface area contributed by atoms with Gasteiger partial charge in [-0.2, -0.15) is 0 Å². The first kappa shape index (κ1) is 28.8. The number of rotatable bonds is 0. The minimum Gasteiger partial charge on any atom is -0.487 e. The topological polar surface area (TPSA) is 95.9 Å². The van der Waals surface area contributed by atoms with Gasteiger partial charge in [0, 0.05) is 23.7 Å². The van der Waals surface area contributed by atoms with Crippen LogP contribution in [0.5, 0.6) is 5.75 Å². The monoisotopic (exact) mass is 600 g/mol. The Balaban J connectivity index is 1.36. The summed E-state index contributed by atoms with van der Waals surface area (Å²) in [6, 6.07) is 11.2. The van der Waals surface area contributed by atoms with Crippen molar-refractivity contribution in [1.29, 1.82) is 0 Å². The maximum atomic E-state index is 13.4. The van der Waals surface area contributed by atoms with E-state index in [-0.39, 0.29) is 17.9 Å². The van der Waals surface area contributed by atoms with E-state index >= 15 is 0 Å². The summed E-state index contributed by atoms with van der Waals surface area (Å²) in [5.74, 6) is 0.943. The van der Waals surface area contributed by atoms with E-state index in [1.807, 2.05) is 18.2 Å². The zero-order valence-corrected chi connectivity index (χ0v) is 25.1. The number of ether oxygens (including phenoxy) is 1. The first-order valence-corrected chi connectivity index (χ1v) is 17.2. The Labute approximate surface area is 248 Å². The zero-order chi connectivity index (χ0) is 28.6. The van der Waals surface area contributed by atoms with Crippen LogP contribution in [0, 0.1) is 17.8 Å². The second-order valence-electron chi connectivity index (χ2n) is 12.6. The molecule has 1 amide bonds. The number of fused-ring (bicyclic) bond motifs is 5. The summed E-state index contributed by atoms with van der Waals surface area (Å²) >= 11 is 6.31. The fraction of sp³-hybridized carbons (Fsp3) is 0.594. The van der Waals surface area contributed by atoms with E-state index in [1.165, 1.54) is 5.56 Å². The Bertz CT molecular complexity index is 1380. The molecule has 4 aliphatic rings. The highest BCUT2D eigenvalue weighted by Gasteiger charge is 2.39. The number of carbonyl (C=O) groups is 1. The first-order valence-electron chi connectivity index (χ1n) is 15.3. The SMILES string of the molecule is O=C1NS(=O)(=O)[C@H]2CCC[C@H](CC[C@H](O)[C@@H]3CC[C@H]3CN3CCCCc4cc(Cl)ccc4COc4ccc1cc43)C2. The van der Waals surface area contributed by atoms with Crippen molar-refractivity contribution in [2.45, 2.75) is 88.6 Å². The van der Waals surface area contributed by atoms with Crippen molar-refractivity contribution < 1.29 is 23.1 Å². The number of anilines is 1. The summed E-state index contributed by atoms with van der Waals surface area (Å²) in [6.45, 7) is 1.92. The van der Waals surface area contributed by atoms with E-state index < -0.39 is 21.2 Å².